The van der Waals surface area contributed by atoms with Gasteiger partial charge in [-0.2, -0.15) is 5.10 Å². The number of benzene rings is 1. The predicted octanol–water partition coefficient (Wildman–Crippen LogP) is 2.28. The minimum absolute atomic E-state index is 0.301. The fraction of sp³-hybridized carbons (Fsp3) is 0.682. The molecule has 0 amide bonds. The van der Waals surface area contributed by atoms with E-state index in [1.54, 1.807) is 6.07 Å². The maximum Gasteiger partial charge on any atom is 0.156 e. The number of phenols is 1. The van der Waals surface area contributed by atoms with Gasteiger partial charge in [0.25, 0.3) is 0 Å². The smallest absolute Gasteiger partial charge is 0.156 e. The number of phenolic OH excluding ortho intramolecular Hbond substituents is 1. The number of likely N-dealkylation sites (tertiary alicyclic amines) is 1. The lowest BCUT2D eigenvalue weighted by Crippen LogP contribution is -2.44. The van der Waals surface area contributed by atoms with Crippen LogP contribution in [0.15, 0.2) is 18.2 Å². The van der Waals surface area contributed by atoms with Gasteiger partial charge in [0.1, 0.15) is 5.75 Å². The number of hydrogen-bond acceptors (Lipinski definition) is 6. The van der Waals surface area contributed by atoms with Gasteiger partial charge in [-0.1, -0.05) is 0 Å². The zero-order valence-electron chi connectivity index (χ0n) is 17.8. The van der Waals surface area contributed by atoms with Crippen molar-refractivity contribution in [3.8, 4) is 5.75 Å². The van der Waals surface area contributed by atoms with Crippen molar-refractivity contribution in [1.29, 1.82) is 0 Å². The Morgan fingerprint density at radius 1 is 0.931 bits per heavy atom. The van der Waals surface area contributed by atoms with Gasteiger partial charge >= 0.3 is 0 Å². The molecular weight excluding hydrogens is 364 g/mol. The van der Waals surface area contributed by atoms with Crippen molar-refractivity contribution in [2.24, 2.45) is 0 Å². The van der Waals surface area contributed by atoms with Crippen LogP contribution in [-0.4, -0.2) is 95.5 Å². The molecule has 2 N–H and O–H groups in total. The van der Waals surface area contributed by atoms with Crippen LogP contribution in [0.2, 0.25) is 0 Å². The van der Waals surface area contributed by atoms with Gasteiger partial charge in [-0.05, 0) is 77.1 Å². The third-order valence-electron chi connectivity index (χ3n) is 6.32. The molecule has 2 fully saturated rings. The monoisotopic (exact) mass is 400 g/mol. The summed E-state index contributed by atoms with van der Waals surface area (Å²) >= 11 is 0. The molecule has 0 saturated carbocycles. The van der Waals surface area contributed by atoms with Crippen LogP contribution in [0.3, 0.4) is 0 Å². The van der Waals surface area contributed by atoms with Crippen molar-refractivity contribution >= 4 is 16.7 Å². The van der Waals surface area contributed by atoms with Crippen LogP contribution in [0.1, 0.15) is 25.7 Å². The Kier molecular flexibility index (Phi) is 6.90. The molecule has 0 aliphatic carbocycles. The van der Waals surface area contributed by atoms with Crippen molar-refractivity contribution in [3.63, 3.8) is 0 Å². The molecule has 7 nitrogen and oxygen atoms in total. The minimum Gasteiger partial charge on any atom is -0.508 e. The summed E-state index contributed by atoms with van der Waals surface area (Å²) in [5.74, 6) is 1.20. The number of rotatable bonds is 9. The molecular formula is C22H36N6O. The summed E-state index contributed by atoms with van der Waals surface area (Å²) in [6.45, 7) is 11.2. The van der Waals surface area contributed by atoms with Gasteiger partial charge in [-0.25, -0.2) is 0 Å². The van der Waals surface area contributed by atoms with Crippen molar-refractivity contribution in [2.45, 2.75) is 32.2 Å². The quantitative estimate of drug-likeness (QED) is 0.630. The van der Waals surface area contributed by atoms with E-state index in [9.17, 15) is 5.11 Å². The highest BCUT2D eigenvalue weighted by Crippen LogP contribution is 2.27. The van der Waals surface area contributed by atoms with Crippen molar-refractivity contribution < 1.29 is 5.11 Å². The van der Waals surface area contributed by atoms with E-state index in [2.05, 4.69) is 31.7 Å². The van der Waals surface area contributed by atoms with E-state index in [0.717, 1.165) is 55.7 Å². The van der Waals surface area contributed by atoms with E-state index in [1.807, 2.05) is 12.1 Å². The van der Waals surface area contributed by atoms with Crippen LogP contribution in [0.4, 0.5) is 5.82 Å². The number of nitrogens with zero attached hydrogens (tertiary/aromatic N) is 5. The van der Waals surface area contributed by atoms with Gasteiger partial charge in [0.2, 0.25) is 0 Å². The summed E-state index contributed by atoms with van der Waals surface area (Å²) in [6, 6.07) is 5.59. The average molecular weight is 401 g/mol. The Morgan fingerprint density at radius 2 is 1.66 bits per heavy atom. The first-order valence-electron chi connectivity index (χ1n) is 11.3. The number of fused-ring (bicyclic) bond motifs is 1. The molecule has 1 aromatic carbocycles. The lowest BCUT2D eigenvalue weighted by atomic mass is 10.2. The summed E-state index contributed by atoms with van der Waals surface area (Å²) in [7, 11) is 2.20. The number of hydrogen-bond donors (Lipinski definition) is 2. The second-order valence-corrected chi connectivity index (χ2v) is 8.60. The molecule has 0 unspecified atom stereocenters. The standard InChI is InChI=1S/C22H36N6O/c1-25-14-16-27(17-15-25)11-4-8-23-22-20-18-19(29)6-7-21(20)28(24-22)13-5-12-26-9-2-3-10-26/h6-7,18,29H,2-5,8-17H2,1H3,(H,23,24). The Morgan fingerprint density at radius 3 is 2.45 bits per heavy atom. The lowest BCUT2D eigenvalue weighted by Gasteiger charge is -2.32. The molecule has 0 radical (unpaired) electrons. The lowest BCUT2D eigenvalue weighted by molar-refractivity contribution is 0.154. The number of aromatic hydroxyl groups is 1. The fourth-order valence-corrected chi connectivity index (χ4v) is 4.50. The zero-order chi connectivity index (χ0) is 20.1. The third kappa shape index (κ3) is 5.41. The predicted molar refractivity (Wildman–Crippen MR) is 119 cm³/mol. The van der Waals surface area contributed by atoms with Crippen LogP contribution in [0, 0.1) is 0 Å². The highest BCUT2D eigenvalue weighted by Gasteiger charge is 2.15. The van der Waals surface area contributed by atoms with E-state index < -0.39 is 0 Å². The molecule has 7 heteroatoms. The molecule has 2 aromatic rings. The summed E-state index contributed by atoms with van der Waals surface area (Å²) < 4.78 is 2.10. The van der Waals surface area contributed by atoms with E-state index >= 15 is 0 Å². The molecule has 4 rings (SSSR count). The average Bonchev–Trinajstić information content (AvgIpc) is 3.35. The third-order valence-corrected chi connectivity index (χ3v) is 6.32. The first-order valence-corrected chi connectivity index (χ1v) is 11.3. The van der Waals surface area contributed by atoms with E-state index in [4.69, 9.17) is 5.10 Å². The Balaban J connectivity index is 1.32. The molecule has 160 valence electrons. The topological polar surface area (TPSA) is 59.8 Å². The first kappa shape index (κ1) is 20.4. The number of anilines is 1. The Labute approximate surface area is 174 Å². The summed E-state index contributed by atoms with van der Waals surface area (Å²) in [6.07, 6.45) is 4.89. The molecule has 29 heavy (non-hydrogen) atoms. The Hall–Kier alpha value is -1.83. The van der Waals surface area contributed by atoms with Crippen LogP contribution < -0.4 is 5.32 Å². The summed E-state index contributed by atoms with van der Waals surface area (Å²) in [4.78, 5) is 7.49. The van der Waals surface area contributed by atoms with Crippen LogP contribution in [0.25, 0.3) is 10.9 Å². The van der Waals surface area contributed by atoms with Gasteiger partial charge in [-0.15, -0.1) is 0 Å². The van der Waals surface area contributed by atoms with Crippen LogP contribution in [0.5, 0.6) is 5.75 Å². The van der Waals surface area contributed by atoms with Gasteiger partial charge in [0, 0.05) is 44.7 Å². The van der Waals surface area contributed by atoms with Gasteiger partial charge < -0.3 is 25.1 Å². The maximum atomic E-state index is 9.96. The van der Waals surface area contributed by atoms with Gasteiger partial charge in [-0.3, -0.25) is 4.68 Å². The second-order valence-electron chi connectivity index (χ2n) is 8.60. The van der Waals surface area contributed by atoms with Gasteiger partial charge in [0.05, 0.1) is 5.52 Å². The number of likely N-dealkylation sites (N-methyl/N-ethyl adjacent to an activating group) is 1. The molecule has 3 heterocycles. The number of aryl methyl sites for hydroxylation is 1. The number of piperazine rings is 1. The SMILES string of the molecule is CN1CCN(CCCNc2nn(CCCN3CCCC3)c3ccc(O)cc23)CC1. The highest BCUT2D eigenvalue weighted by atomic mass is 16.3. The fourth-order valence-electron chi connectivity index (χ4n) is 4.50. The summed E-state index contributed by atoms with van der Waals surface area (Å²) in [5.41, 5.74) is 1.10. The van der Waals surface area contributed by atoms with Crippen molar-refractivity contribution in [2.75, 3.05) is 71.3 Å². The van der Waals surface area contributed by atoms with E-state index in [1.165, 1.54) is 52.1 Å². The summed E-state index contributed by atoms with van der Waals surface area (Å²) in [5, 5.41) is 19.4. The zero-order valence-corrected chi connectivity index (χ0v) is 17.8. The Bertz CT molecular complexity index is 777. The largest absolute Gasteiger partial charge is 0.508 e. The molecule has 2 aliphatic rings. The van der Waals surface area contributed by atoms with Crippen LogP contribution in [-0.2, 0) is 6.54 Å². The maximum absolute atomic E-state index is 9.96. The molecule has 0 bridgehead atoms. The first-order chi connectivity index (χ1) is 14.2. The highest BCUT2D eigenvalue weighted by molar-refractivity contribution is 5.91. The second kappa shape index (κ2) is 9.78. The number of nitrogens with one attached hydrogen (secondary N) is 1. The van der Waals surface area contributed by atoms with Crippen molar-refractivity contribution in [1.82, 2.24) is 24.5 Å². The molecule has 2 saturated heterocycles. The minimum atomic E-state index is 0.301. The van der Waals surface area contributed by atoms with Crippen LogP contribution >= 0.6 is 0 Å². The van der Waals surface area contributed by atoms with E-state index in [0.29, 0.717) is 5.75 Å². The normalized spacial score (nSPS) is 19.3. The number of aromatic nitrogens is 2. The van der Waals surface area contributed by atoms with E-state index in [-0.39, 0.29) is 0 Å². The van der Waals surface area contributed by atoms with Crippen molar-refractivity contribution in [3.05, 3.63) is 18.2 Å². The molecule has 2 aliphatic heterocycles. The molecule has 0 atom stereocenters. The molecule has 1 aromatic heterocycles. The van der Waals surface area contributed by atoms with Gasteiger partial charge in [0.15, 0.2) is 5.82 Å². The molecule has 0 spiro atoms.